The molecule has 0 amide bonds. The third kappa shape index (κ3) is 5.71. The van der Waals surface area contributed by atoms with Crippen LogP contribution >= 0.6 is 0 Å². The summed E-state index contributed by atoms with van der Waals surface area (Å²) in [4.78, 5) is 9.12. The van der Waals surface area contributed by atoms with Crippen LogP contribution in [0.3, 0.4) is 0 Å². The summed E-state index contributed by atoms with van der Waals surface area (Å²) in [5, 5.41) is 3.59. The zero-order valence-corrected chi connectivity index (χ0v) is 17.2. The van der Waals surface area contributed by atoms with Crippen molar-refractivity contribution in [3.63, 3.8) is 0 Å². The molecule has 1 aliphatic rings. The first kappa shape index (κ1) is 20.7. The van der Waals surface area contributed by atoms with Gasteiger partial charge in [0.15, 0.2) is 5.96 Å². The summed E-state index contributed by atoms with van der Waals surface area (Å²) >= 11 is 0. The smallest absolute Gasteiger partial charge is 0.193 e. The maximum atomic E-state index is 5.76. The van der Waals surface area contributed by atoms with Gasteiger partial charge in [0.2, 0.25) is 0 Å². The molecular formula is C21H36N4O. The van der Waals surface area contributed by atoms with Gasteiger partial charge in [0.05, 0.1) is 12.1 Å². The van der Waals surface area contributed by atoms with E-state index >= 15 is 0 Å². The third-order valence-electron chi connectivity index (χ3n) is 5.21. The van der Waals surface area contributed by atoms with E-state index in [1.165, 1.54) is 11.1 Å². The number of likely N-dealkylation sites (N-methyl/N-ethyl adjacent to an activating group) is 1. The maximum absolute atomic E-state index is 5.76. The Morgan fingerprint density at radius 3 is 2.38 bits per heavy atom. The number of hydrogen-bond donors (Lipinski definition) is 1. The zero-order chi connectivity index (χ0) is 18.9. The van der Waals surface area contributed by atoms with E-state index in [-0.39, 0.29) is 0 Å². The van der Waals surface area contributed by atoms with Crippen LogP contribution in [0.25, 0.3) is 0 Å². The summed E-state index contributed by atoms with van der Waals surface area (Å²) < 4.78 is 5.76. The Balaban J connectivity index is 1.94. The molecule has 1 heterocycles. The first-order valence-corrected chi connectivity index (χ1v) is 9.91. The number of ether oxygens (including phenoxy) is 1. The highest BCUT2D eigenvalue weighted by atomic mass is 16.5. The van der Waals surface area contributed by atoms with Gasteiger partial charge in [0.1, 0.15) is 0 Å². The molecule has 0 radical (unpaired) electrons. The van der Waals surface area contributed by atoms with Gasteiger partial charge < -0.3 is 19.9 Å². The Labute approximate surface area is 159 Å². The average molecular weight is 361 g/mol. The first-order chi connectivity index (χ1) is 12.6. The van der Waals surface area contributed by atoms with E-state index in [4.69, 9.17) is 4.74 Å². The maximum Gasteiger partial charge on any atom is 0.193 e. The summed E-state index contributed by atoms with van der Waals surface area (Å²) in [5.41, 5.74) is 2.72. The Hall–Kier alpha value is -1.59. The number of likely N-dealkylation sites (tertiary alicyclic amines) is 1. The lowest BCUT2D eigenvalue weighted by atomic mass is 10.0. The van der Waals surface area contributed by atoms with E-state index in [1.807, 2.05) is 7.05 Å². The summed E-state index contributed by atoms with van der Waals surface area (Å²) in [5.74, 6) is 0.997. The number of aryl methyl sites for hydroxylation is 1. The fourth-order valence-electron chi connectivity index (χ4n) is 3.56. The molecule has 1 fully saturated rings. The van der Waals surface area contributed by atoms with Crippen molar-refractivity contribution in [2.75, 3.05) is 47.4 Å². The van der Waals surface area contributed by atoms with Crippen molar-refractivity contribution in [3.8, 4) is 0 Å². The lowest BCUT2D eigenvalue weighted by Gasteiger charge is -2.35. The summed E-state index contributed by atoms with van der Waals surface area (Å²) in [6, 6.07) is 9.29. The van der Waals surface area contributed by atoms with Crippen LogP contribution in [0.1, 0.15) is 43.9 Å². The van der Waals surface area contributed by atoms with Crippen molar-refractivity contribution >= 4 is 5.96 Å². The van der Waals surface area contributed by atoms with E-state index in [0.717, 1.165) is 51.5 Å². The third-order valence-corrected chi connectivity index (χ3v) is 5.21. The lowest BCUT2D eigenvalue weighted by molar-refractivity contribution is 0.0263. The quantitative estimate of drug-likeness (QED) is 0.599. The number of guanidine groups is 1. The van der Waals surface area contributed by atoms with E-state index in [0.29, 0.717) is 12.1 Å². The van der Waals surface area contributed by atoms with Gasteiger partial charge in [-0.2, -0.15) is 0 Å². The molecule has 1 atom stereocenters. The highest BCUT2D eigenvalue weighted by molar-refractivity contribution is 5.80. The number of nitrogens with one attached hydrogen (secondary N) is 1. The van der Waals surface area contributed by atoms with Crippen molar-refractivity contribution in [1.29, 1.82) is 0 Å². The van der Waals surface area contributed by atoms with Gasteiger partial charge in [-0.25, -0.2) is 0 Å². The van der Waals surface area contributed by atoms with E-state index in [2.05, 4.69) is 72.3 Å². The molecule has 146 valence electrons. The van der Waals surface area contributed by atoms with Gasteiger partial charge in [-0.3, -0.25) is 4.99 Å². The Morgan fingerprint density at radius 2 is 1.88 bits per heavy atom. The van der Waals surface area contributed by atoms with Crippen molar-refractivity contribution in [1.82, 2.24) is 15.1 Å². The molecule has 1 aromatic rings. The van der Waals surface area contributed by atoms with Crippen LogP contribution in [0.15, 0.2) is 29.3 Å². The largest absolute Gasteiger partial charge is 0.378 e. The van der Waals surface area contributed by atoms with E-state index in [9.17, 15) is 0 Å². The topological polar surface area (TPSA) is 40.1 Å². The number of nitrogens with zero attached hydrogens (tertiary/aromatic N) is 3. The number of hydrogen-bond acceptors (Lipinski definition) is 3. The minimum atomic E-state index is 0.318. The number of benzene rings is 1. The van der Waals surface area contributed by atoms with Gasteiger partial charge in [0.25, 0.3) is 0 Å². The van der Waals surface area contributed by atoms with Crippen molar-refractivity contribution in [2.45, 2.75) is 45.3 Å². The molecule has 5 nitrogen and oxygen atoms in total. The van der Waals surface area contributed by atoms with Crippen molar-refractivity contribution < 1.29 is 4.74 Å². The highest BCUT2D eigenvalue weighted by Gasteiger charge is 2.22. The SMILES string of the molecule is CCOC1CCN(C(=NC)NCC(c2ccc(CC)cc2)N(C)C)CC1. The second-order valence-electron chi connectivity index (χ2n) is 7.14. The van der Waals surface area contributed by atoms with Crippen molar-refractivity contribution in [3.05, 3.63) is 35.4 Å². The molecule has 1 saturated heterocycles. The molecule has 0 bridgehead atoms. The second kappa shape index (κ2) is 10.5. The minimum absolute atomic E-state index is 0.318. The molecule has 1 aromatic carbocycles. The fourth-order valence-corrected chi connectivity index (χ4v) is 3.56. The van der Waals surface area contributed by atoms with Crippen molar-refractivity contribution in [2.24, 2.45) is 4.99 Å². The minimum Gasteiger partial charge on any atom is -0.378 e. The zero-order valence-electron chi connectivity index (χ0n) is 17.2. The fraction of sp³-hybridized carbons (Fsp3) is 0.667. The molecule has 2 rings (SSSR count). The number of rotatable bonds is 7. The summed E-state index contributed by atoms with van der Waals surface area (Å²) in [6.45, 7) is 7.92. The second-order valence-corrected chi connectivity index (χ2v) is 7.14. The molecule has 1 aliphatic heterocycles. The number of piperidine rings is 1. The molecule has 26 heavy (non-hydrogen) atoms. The van der Waals surface area contributed by atoms with Crippen LogP contribution < -0.4 is 5.32 Å². The molecule has 0 aliphatic carbocycles. The van der Waals surface area contributed by atoms with Gasteiger partial charge in [-0.05, 0) is 51.4 Å². The van der Waals surface area contributed by atoms with Crippen LogP contribution in [0.2, 0.25) is 0 Å². The number of aliphatic imine (C=N–C) groups is 1. The van der Waals surface area contributed by atoms with E-state index in [1.54, 1.807) is 0 Å². The standard InChI is InChI=1S/C21H36N4O/c1-6-17-8-10-18(11-9-17)20(24(4)5)16-23-21(22-3)25-14-12-19(13-15-25)26-7-2/h8-11,19-20H,6-7,12-16H2,1-5H3,(H,22,23). The molecule has 5 heteroatoms. The van der Waals surface area contributed by atoms with Crippen LogP contribution in [0.4, 0.5) is 0 Å². The van der Waals surface area contributed by atoms with Crippen LogP contribution in [-0.2, 0) is 11.2 Å². The lowest BCUT2D eigenvalue weighted by Crippen LogP contribution is -2.48. The van der Waals surface area contributed by atoms with Crippen LogP contribution in [0, 0.1) is 0 Å². The predicted molar refractivity (Wildman–Crippen MR) is 110 cm³/mol. The summed E-state index contributed by atoms with van der Waals surface area (Å²) in [7, 11) is 6.14. The molecule has 1 N–H and O–H groups in total. The molecule has 0 spiro atoms. The van der Waals surface area contributed by atoms with Crippen LogP contribution in [0.5, 0.6) is 0 Å². The van der Waals surface area contributed by atoms with Gasteiger partial charge >= 0.3 is 0 Å². The van der Waals surface area contributed by atoms with Gasteiger partial charge in [-0.15, -0.1) is 0 Å². The highest BCUT2D eigenvalue weighted by Crippen LogP contribution is 2.19. The van der Waals surface area contributed by atoms with Gasteiger partial charge in [0, 0.05) is 33.3 Å². The Bertz CT molecular complexity index is 548. The first-order valence-electron chi connectivity index (χ1n) is 9.91. The summed E-state index contributed by atoms with van der Waals surface area (Å²) in [6.07, 6.45) is 3.63. The Morgan fingerprint density at radius 1 is 1.23 bits per heavy atom. The monoisotopic (exact) mass is 360 g/mol. The predicted octanol–water partition coefficient (Wildman–Crippen LogP) is 2.93. The Kier molecular flexibility index (Phi) is 8.39. The molecule has 0 saturated carbocycles. The van der Waals surface area contributed by atoms with Gasteiger partial charge in [-0.1, -0.05) is 31.2 Å². The van der Waals surface area contributed by atoms with E-state index < -0.39 is 0 Å². The molecular weight excluding hydrogens is 324 g/mol. The van der Waals surface area contributed by atoms with Crippen LogP contribution in [-0.4, -0.2) is 69.2 Å². The normalized spacial score (nSPS) is 17.6. The molecule has 1 unspecified atom stereocenters. The molecule has 0 aromatic heterocycles. The average Bonchev–Trinajstić information content (AvgIpc) is 2.66.